The van der Waals surface area contributed by atoms with E-state index in [1.54, 1.807) is 56.7 Å². The molecule has 7 nitrogen and oxygen atoms in total. The molecule has 0 heterocycles. The molecular weight excluding hydrogens is 380 g/mol. The van der Waals surface area contributed by atoms with Crippen molar-refractivity contribution < 1.29 is 23.7 Å². The molecule has 0 aliphatic heterocycles. The third kappa shape index (κ3) is 6.40. The molecule has 0 saturated heterocycles. The van der Waals surface area contributed by atoms with E-state index in [9.17, 15) is 4.79 Å². The van der Waals surface area contributed by atoms with Gasteiger partial charge >= 0.3 is 0 Å². The van der Waals surface area contributed by atoms with E-state index in [0.29, 0.717) is 48.3 Å². The number of benzene rings is 2. The van der Waals surface area contributed by atoms with Gasteiger partial charge in [-0.25, -0.2) is 0 Å². The van der Waals surface area contributed by atoms with Gasteiger partial charge in [-0.05, 0) is 55.5 Å². The molecule has 0 atom stereocenters. The summed E-state index contributed by atoms with van der Waals surface area (Å²) >= 11 is 5.21. The van der Waals surface area contributed by atoms with Crippen LogP contribution in [0.1, 0.15) is 17.3 Å². The van der Waals surface area contributed by atoms with Crippen LogP contribution in [0.15, 0.2) is 42.5 Å². The van der Waals surface area contributed by atoms with E-state index in [2.05, 4.69) is 10.6 Å². The Labute approximate surface area is 169 Å². The highest BCUT2D eigenvalue weighted by molar-refractivity contribution is 7.80. The molecule has 1 amide bonds. The molecule has 2 aromatic rings. The Hall–Kier alpha value is -2.84. The lowest BCUT2D eigenvalue weighted by atomic mass is 10.2. The lowest BCUT2D eigenvalue weighted by molar-refractivity contribution is 0.0977. The number of carbonyl (C=O) groups is 1. The summed E-state index contributed by atoms with van der Waals surface area (Å²) in [5.74, 6) is 1.51. The van der Waals surface area contributed by atoms with Crippen molar-refractivity contribution in [3.8, 4) is 17.2 Å². The van der Waals surface area contributed by atoms with Crippen LogP contribution in [0.5, 0.6) is 17.2 Å². The van der Waals surface area contributed by atoms with Crippen LogP contribution in [-0.2, 0) is 4.74 Å². The zero-order valence-corrected chi connectivity index (χ0v) is 16.9. The van der Waals surface area contributed by atoms with Gasteiger partial charge in [0.2, 0.25) is 0 Å². The largest absolute Gasteiger partial charge is 0.493 e. The molecule has 2 N–H and O–H groups in total. The highest BCUT2D eigenvalue weighted by Crippen LogP contribution is 2.29. The Morgan fingerprint density at radius 1 is 1.00 bits per heavy atom. The number of methoxy groups -OCH3 is 2. The van der Waals surface area contributed by atoms with E-state index in [0.717, 1.165) is 0 Å². The fourth-order valence-electron chi connectivity index (χ4n) is 2.32. The molecule has 0 aliphatic carbocycles. The summed E-state index contributed by atoms with van der Waals surface area (Å²) in [6.07, 6.45) is 0. The first kappa shape index (κ1) is 21.5. The Bertz CT molecular complexity index is 796. The first-order chi connectivity index (χ1) is 13.6. The topological polar surface area (TPSA) is 78.1 Å². The van der Waals surface area contributed by atoms with Crippen LogP contribution in [-0.4, -0.2) is 45.1 Å². The zero-order valence-electron chi connectivity index (χ0n) is 16.1. The zero-order chi connectivity index (χ0) is 20.4. The molecule has 0 aliphatic rings. The standard InChI is InChI=1S/C20H24N2O5S/c1-4-26-11-12-27-16-8-5-14(6-9-16)19(23)22-20(28)21-15-7-10-17(24-2)18(13-15)25-3/h5-10,13H,4,11-12H2,1-3H3,(H2,21,22,23,28). The third-order valence-electron chi connectivity index (χ3n) is 3.69. The lowest BCUT2D eigenvalue weighted by Gasteiger charge is -2.13. The van der Waals surface area contributed by atoms with Gasteiger partial charge in [0.1, 0.15) is 12.4 Å². The number of thiocarbonyl (C=S) groups is 1. The van der Waals surface area contributed by atoms with Crippen molar-refractivity contribution in [2.45, 2.75) is 6.92 Å². The second kappa shape index (κ2) is 11.1. The summed E-state index contributed by atoms with van der Waals surface area (Å²) in [4.78, 5) is 12.3. The van der Waals surface area contributed by atoms with Crippen LogP contribution in [0.4, 0.5) is 5.69 Å². The van der Waals surface area contributed by atoms with Crippen LogP contribution in [0, 0.1) is 0 Å². The van der Waals surface area contributed by atoms with Crippen LogP contribution in [0.2, 0.25) is 0 Å². The first-order valence-corrected chi connectivity index (χ1v) is 9.13. The van der Waals surface area contributed by atoms with Crippen molar-refractivity contribution in [1.82, 2.24) is 5.32 Å². The maximum absolute atomic E-state index is 12.3. The Kier molecular flexibility index (Phi) is 8.51. The van der Waals surface area contributed by atoms with Crippen LogP contribution < -0.4 is 24.8 Å². The predicted molar refractivity (Wildman–Crippen MR) is 112 cm³/mol. The summed E-state index contributed by atoms with van der Waals surface area (Å²) in [5.41, 5.74) is 1.13. The third-order valence-corrected chi connectivity index (χ3v) is 3.89. The molecule has 150 valence electrons. The maximum atomic E-state index is 12.3. The summed E-state index contributed by atoms with van der Waals surface area (Å²) < 4.78 is 21.2. The molecule has 0 bridgehead atoms. The van der Waals surface area contributed by atoms with Crippen molar-refractivity contribution in [2.75, 3.05) is 39.4 Å². The van der Waals surface area contributed by atoms with Crippen molar-refractivity contribution >= 4 is 28.9 Å². The highest BCUT2D eigenvalue weighted by atomic mass is 32.1. The van der Waals surface area contributed by atoms with E-state index < -0.39 is 0 Å². The fraction of sp³-hybridized carbons (Fsp3) is 0.300. The van der Waals surface area contributed by atoms with E-state index in [4.69, 9.17) is 31.2 Å². The second-order valence-electron chi connectivity index (χ2n) is 5.55. The monoisotopic (exact) mass is 404 g/mol. The maximum Gasteiger partial charge on any atom is 0.257 e. The van der Waals surface area contributed by atoms with Crippen molar-refractivity contribution in [3.63, 3.8) is 0 Å². The normalized spacial score (nSPS) is 10.1. The first-order valence-electron chi connectivity index (χ1n) is 8.72. The number of nitrogens with one attached hydrogen (secondary N) is 2. The Balaban J connectivity index is 1.89. The molecule has 8 heteroatoms. The van der Waals surface area contributed by atoms with Crippen molar-refractivity contribution in [1.29, 1.82) is 0 Å². The van der Waals surface area contributed by atoms with Crippen LogP contribution in [0.3, 0.4) is 0 Å². The van der Waals surface area contributed by atoms with Crippen LogP contribution in [0.25, 0.3) is 0 Å². The minimum Gasteiger partial charge on any atom is -0.493 e. The summed E-state index contributed by atoms with van der Waals surface area (Å²) in [7, 11) is 3.11. The Morgan fingerprint density at radius 3 is 2.36 bits per heavy atom. The van der Waals surface area contributed by atoms with Gasteiger partial charge in [0, 0.05) is 23.9 Å². The summed E-state index contributed by atoms with van der Waals surface area (Å²) in [5, 5.41) is 5.76. The van der Waals surface area contributed by atoms with Crippen molar-refractivity contribution in [2.24, 2.45) is 0 Å². The molecular formula is C20H24N2O5S. The molecule has 0 spiro atoms. The average Bonchev–Trinajstić information content (AvgIpc) is 2.71. The van der Waals surface area contributed by atoms with E-state index in [1.165, 1.54) is 0 Å². The van der Waals surface area contributed by atoms with Gasteiger partial charge in [0.15, 0.2) is 16.6 Å². The minimum absolute atomic E-state index is 0.175. The predicted octanol–water partition coefficient (Wildman–Crippen LogP) is 3.25. The number of ether oxygens (including phenoxy) is 4. The van der Waals surface area contributed by atoms with Gasteiger partial charge in [-0.15, -0.1) is 0 Å². The van der Waals surface area contributed by atoms with Crippen LogP contribution >= 0.6 is 12.2 Å². The SMILES string of the molecule is CCOCCOc1ccc(C(=O)NC(=S)Nc2ccc(OC)c(OC)c2)cc1. The number of hydrogen-bond acceptors (Lipinski definition) is 6. The minimum atomic E-state index is -0.321. The summed E-state index contributed by atoms with van der Waals surface area (Å²) in [6.45, 7) is 3.56. The molecule has 0 fully saturated rings. The lowest BCUT2D eigenvalue weighted by Crippen LogP contribution is -2.34. The van der Waals surface area contributed by atoms with Gasteiger partial charge in [0.25, 0.3) is 5.91 Å². The Morgan fingerprint density at radius 2 is 1.71 bits per heavy atom. The smallest absolute Gasteiger partial charge is 0.257 e. The van der Waals surface area contributed by atoms with E-state index >= 15 is 0 Å². The molecule has 0 radical (unpaired) electrons. The number of carbonyl (C=O) groups excluding carboxylic acids is 1. The molecule has 0 saturated carbocycles. The second-order valence-corrected chi connectivity index (χ2v) is 5.96. The highest BCUT2D eigenvalue weighted by Gasteiger charge is 2.10. The van der Waals surface area contributed by atoms with E-state index in [-0.39, 0.29) is 11.0 Å². The number of hydrogen-bond donors (Lipinski definition) is 2. The molecule has 2 aromatic carbocycles. The van der Waals surface area contributed by atoms with Gasteiger partial charge in [0.05, 0.1) is 20.8 Å². The average molecular weight is 404 g/mol. The molecule has 0 aromatic heterocycles. The fourth-order valence-corrected chi connectivity index (χ4v) is 2.53. The molecule has 0 unspecified atom stereocenters. The van der Waals surface area contributed by atoms with Crippen molar-refractivity contribution in [3.05, 3.63) is 48.0 Å². The van der Waals surface area contributed by atoms with Gasteiger partial charge < -0.3 is 24.3 Å². The summed E-state index contributed by atoms with van der Waals surface area (Å²) in [6, 6.07) is 12.0. The van der Waals surface area contributed by atoms with E-state index in [1.807, 2.05) is 6.92 Å². The number of anilines is 1. The molecule has 28 heavy (non-hydrogen) atoms. The number of amides is 1. The van der Waals surface area contributed by atoms with Gasteiger partial charge in [-0.2, -0.15) is 0 Å². The molecule has 2 rings (SSSR count). The number of rotatable bonds is 9. The van der Waals surface area contributed by atoms with Gasteiger partial charge in [-0.3, -0.25) is 10.1 Å². The van der Waals surface area contributed by atoms with Gasteiger partial charge in [-0.1, -0.05) is 0 Å². The quantitative estimate of drug-likeness (QED) is 0.491.